The molecule has 0 spiro atoms. The van der Waals surface area contributed by atoms with Crippen LogP contribution < -0.4 is 4.90 Å². The summed E-state index contributed by atoms with van der Waals surface area (Å²) in [6, 6.07) is 12.8. The third-order valence-electron chi connectivity index (χ3n) is 4.86. The number of carbonyl (C=O) groups is 2. The summed E-state index contributed by atoms with van der Waals surface area (Å²) in [6.45, 7) is 3.57. The van der Waals surface area contributed by atoms with E-state index in [1.54, 1.807) is 37.3 Å². The minimum Gasteiger partial charge on any atom is -0.274 e. The van der Waals surface area contributed by atoms with E-state index in [9.17, 15) is 18.0 Å². The van der Waals surface area contributed by atoms with Crippen LogP contribution in [0.3, 0.4) is 0 Å². The van der Waals surface area contributed by atoms with Crippen molar-refractivity contribution in [2.45, 2.75) is 43.7 Å². The van der Waals surface area contributed by atoms with E-state index in [-0.39, 0.29) is 11.3 Å². The molecule has 0 bridgehead atoms. The smallest absolute Gasteiger partial charge is 0.252 e. The molecule has 1 aliphatic rings. The molecule has 8 heteroatoms. The number of hydrogen-bond donors (Lipinski definition) is 0. The second kappa shape index (κ2) is 8.03. The van der Waals surface area contributed by atoms with Crippen molar-refractivity contribution in [2.75, 3.05) is 4.90 Å². The molecule has 0 saturated carbocycles. The van der Waals surface area contributed by atoms with E-state index < -0.39 is 33.9 Å². The molecule has 1 heterocycles. The highest BCUT2D eigenvalue weighted by Crippen LogP contribution is 2.31. The van der Waals surface area contributed by atoms with Gasteiger partial charge in [-0.05, 0) is 49.7 Å². The summed E-state index contributed by atoms with van der Waals surface area (Å²) in [5.74, 6) is -0.949. The number of para-hydroxylation sites is 1. The van der Waals surface area contributed by atoms with Gasteiger partial charge in [-0.1, -0.05) is 36.7 Å². The van der Waals surface area contributed by atoms with E-state index in [4.69, 9.17) is 11.6 Å². The molecule has 0 aromatic heterocycles. The molecule has 28 heavy (non-hydrogen) atoms. The van der Waals surface area contributed by atoms with Crippen LogP contribution in [0.5, 0.6) is 0 Å². The number of imide groups is 1. The Kier molecular flexibility index (Phi) is 5.88. The summed E-state index contributed by atoms with van der Waals surface area (Å²) >= 11 is 5.87. The first-order valence-corrected chi connectivity index (χ1v) is 10.8. The summed E-state index contributed by atoms with van der Waals surface area (Å²) in [4.78, 5) is 26.8. The predicted octanol–water partition coefficient (Wildman–Crippen LogP) is 3.46. The summed E-state index contributed by atoms with van der Waals surface area (Å²) in [5, 5.41) is 0.413. The molecule has 2 unspecified atom stereocenters. The number of sulfonamides is 1. The van der Waals surface area contributed by atoms with Crippen LogP contribution in [0.2, 0.25) is 5.02 Å². The van der Waals surface area contributed by atoms with Crippen molar-refractivity contribution in [2.24, 2.45) is 0 Å². The lowest BCUT2D eigenvalue weighted by Gasteiger charge is -2.31. The molecule has 148 valence electrons. The van der Waals surface area contributed by atoms with Gasteiger partial charge in [-0.2, -0.15) is 4.31 Å². The monoisotopic (exact) mass is 420 g/mol. The summed E-state index contributed by atoms with van der Waals surface area (Å²) < 4.78 is 27.8. The maximum Gasteiger partial charge on any atom is 0.252 e. The fourth-order valence-electron chi connectivity index (χ4n) is 3.28. The van der Waals surface area contributed by atoms with E-state index in [0.717, 1.165) is 4.90 Å². The topological polar surface area (TPSA) is 74.8 Å². The first-order chi connectivity index (χ1) is 13.3. The molecule has 1 saturated heterocycles. The molecular formula is C20H21ClN2O4S. The van der Waals surface area contributed by atoms with E-state index in [1.165, 1.54) is 28.6 Å². The second-order valence-corrected chi connectivity index (χ2v) is 8.95. The van der Waals surface area contributed by atoms with E-state index in [0.29, 0.717) is 17.1 Å². The molecule has 1 fully saturated rings. The van der Waals surface area contributed by atoms with Crippen molar-refractivity contribution in [1.29, 1.82) is 0 Å². The average Bonchev–Trinajstić information content (AvgIpc) is 2.96. The van der Waals surface area contributed by atoms with Crippen LogP contribution in [0.25, 0.3) is 0 Å². The van der Waals surface area contributed by atoms with Crippen LogP contribution in [-0.2, 0) is 19.6 Å². The Hall–Kier alpha value is -2.22. The maximum atomic E-state index is 13.3. The van der Waals surface area contributed by atoms with Crippen LogP contribution in [0.1, 0.15) is 26.7 Å². The Morgan fingerprint density at radius 3 is 2.29 bits per heavy atom. The SMILES string of the molecule is CCC(C)N(C1CC(=O)N(c2ccccc2)C1=O)S(=O)(=O)c1ccc(Cl)cc1. The first-order valence-electron chi connectivity index (χ1n) is 8.98. The molecule has 1 aliphatic heterocycles. The standard InChI is InChI=1S/C20H21ClN2O4S/c1-3-14(2)23(28(26,27)17-11-9-15(21)10-12-17)18-13-19(24)22(20(18)25)16-7-5-4-6-8-16/h4-12,14,18H,3,13H2,1-2H3. The van der Waals surface area contributed by atoms with Crippen LogP contribution >= 0.6 is 11.6 Å². The van der Waals surface area contributed by atoms with Crippen molar-refractivity contribution < 1.29 is 18.0 Å². The molecule has 2 aromatic rings. The lowest BCUT2D eigenvalue weighted by atomic mass is 10.2. The van der Waals surface area contributed by atoms with E-state index >= 15 is 0 Å². The van der Waals surface area contributed by atoms with Crippen LogP contribution in [0, 0.1) is 0 Å². The Bertz CT molecular complexity index is 977. The third kappa shape index (κ3) is 3.70. The number of halogens is 1. The number of hydrogen-bond acceptors (Lipinski definition) is 4. The van der Waals surface area contributed by atoms with Gasteiger partial charge in [0.05, 0.1) is 17.0 Å². The molecule has 2 amide bonds. The van der Waals surface area contributed by atoms with E-state index in [1.807, 2.05) is 6.92 Å². The number of amides is 2. The zero-order valence-electron chi connectivity index (χ0n) is 15.6. The lowest BCUT2D eigenvalue weighted by Crippen LogP contribution is -2.49. The largest absolute Gasteiger partial charge is 0.274 e. The summed E-state index contributed by atoms with van der Waals surface area (Å²) in [5.41, 5.74) is 0.438. The maximum absolute atomic E-state index is 13.3. The Morgan fingerprint density at radius 1 is 1.11 bits per heavy atom. The summed E-state index contributed by atoms with van der Waals surface area (Å²) in [6.07, 6.45) is 0.307. The lowest BCUT2D eigenvalue weighted by molar-refractivity contribution is -0.122. The van der Waals surface area contributed by atoms with Crippen molar-refractivity contribution in [1.82, 2.24) is 4.31 Å². The van der Waals surface area contributed by atoms with Gasteiger partial charge in [0.15, 0.2) is 0 Å². The Morgan fingerprint density at radius 2 is 1.71 bits per heavy atom. The predicted molar refractivity (Wildman–Crippen MR) is 108 cm³/mol. The molecule has 3 rings (SSSR count). The fraction of sp³-hybridized carbons (Fsp3) is 0.300. The minimum atomic E-state index is -4.00. The molecule has 0 radical (unpaired) electrons. The van der Waals surface area contributed by atoms with Gasteiger partial charge in [-0.15, -0.1) is 0 Å². The average molecular weight is 421 g/mol. The van der Waals surface area contributed by atoms with Crippen LogP contribution in [0.15, 0.2) is 59.5 Å². The zero-order chi connectivity index (χ0) is 20.5. The Balaban J connectivity index is 2.02. The van der Waals surface area contributed by atoms with Crippen molar-refractivity contribution in [3.63, 3.8) is 0 Å². The minimum absolute atomic E-state index is 0.0376. The third-order valence-corrected chi connectivity index (χ3v) is 7.15. The highest BCUT2D eigenvalue weighted by Gasteiger charge is 2.48. The second-order valence-electron chi connectivity index (χ2n) is 6.67. The summed E-state index contributed by atoms with van der Waals surface area (Å²) in [7, 11) is -4.00. The molecular weight excluding hydrogens is 400 g/mol. The van der Waals surface area contributed by atoms with E-state index in [2.05, 4.69) is 0 Å². The zero-order valence-corrected chi connectivity index (χ0v) is 17.2. The molecule has 0 N–H and O–H groups in total. The van der Waals surface area contributed by atoms with Gasteiger partial charge >= 0.3 is 0 Å². The van der Waals surface area contributed by atoms with Gasteiger partial charge < -0.3 is 0 Å². The van der Waals surface area contributed by atoms with Gasteiger partial charge in [0.1, 0.15) is 6.04 Å². The number of rotatable bonds is 6. The van der Waals surface area contributed by atoms with Gasteiger partial charge in [0.2, 0.25) is 15.9 Å². The van der Waals surface area contributed by atoms with Crippen LogP contribution in [0.4, 0.5) is 5.69 Å². The normalized spacial score (nSPS) is 18.7. The number of anilines is 1. The number of carbonyl (C=O) groups excluding carboxylic acids is 2. The highest BCUT2D eigenvalue weighted by atomic mass is 35.5. The Labute approximate surface area is 169 Å². The quantitative estimate of drug-likeness (QED) is 0.670. The molecule has 2 aromatic carbocycles. The first kappa shape index (κ1) is 20.5. The number of benzene rings is 2. The van der Waals surface area contributed by atoms with Crippen molar-refractivity contribution in [3.8, 4) is 0 Å². The van der Waals surface area contributed by atoms with Crippen molar-refractivity contribution >= 4 is 39.1 Å². The number of nitrogens with zero attached hydrogens (tertiary/aromatic N) is 2. The van der Waals surface area contributed by atoms with Gasteiger partial charge in [-0.3, -0.25) is 9.59 Å². The van der Waals surface area contributed by atoms with Crippen LogP contribution in [-0.4, -0.2) is 36.6 Å². The van der Waals surface area contributed by atoms with Crippen molar-refractivity contribution in [3.05, 3.63) is 59.6 Å². The molecule has 0 aliphatic carbocycles. The van der Waals surface area contributed by atoms with Gasteiger partial charge in [0, 0.05) is 11.1 Å². The van der Waals surface area contributed by atoms with Gasteiger partial charge in [-0.25, -0.2) is 13.3 Å². The fourth-order valence-corrected chi connectivity index (χ4v) is 5.25. The molecule has 2 atom stereocenters. The highest BCUT2D eigenvalue weighted by molar-refractivity contribution is 7.89. The van der Waals surface area contributed by atoms with Gasteiger partial charge in [0.25, 0.3) is 5.91 Å². The molecule has 6 nitrogen and oxygen atoms in total.